The molecule has 5 aromatic rings. The summed E-state index contributed by atoms with van der Waals surface area (Å²) >= 11 is 3.66. The number of amides is 2. The monoisotopic (exact) mass is 997 g/mol. The zero-order valence-corrected chi connectivity index (χ0v) is 41.0. The van der Waals surface area contributed by atoms with Crippen LogP contribution in [0.15, 0.2) is 59.2 Å². The van der Waals surface area contributed by atoms with Gasteiger partial charge in [0.25, 0.3) is 0 Å². The number of aryl methyl sites for hydroxylation is 2. The summed E-state index contributed by atoms with van der Waals surface area (Å²) in [5.41, 5.74) is 5.97. The molecule has 0 radical (unpaired) electrons. The average molecular weight is 999 g/mol. The number of ether oxygens (including phenoxy) is 1. The van der Waals surface area contributed by atoms with Crippen LogP contribution in [0.3, 0.4) is 0 Å². The predicted molar refractivity (Wildman–Crippen MR) is 264 cm³/mol. The Balaban J connectivity index is 0.814. The normalized spacial score (nSPS) is 19.5. The number of nitrogens with one attached hydrogen (secondary N) is 3. The average Bonchev–Trinajstić information content (AvgIpc) is 3.77. The Morgan fingerprint density at radius 3 is 2.34 bits per heavy atom. The van der Waals surface area contributed by atoms with Crippen LogP contribution >= 0.6 is 23.1 Å². The van der Waals surface area contributed by atoms with Crippen molar-refractivity contribution in [2.45, 2.75) is 84.1 Å². The number of carbonyl (C=O) groups is 2. The third kappa shape index (κ3) is 10.2. The second-order valence-corrected chi connectivity index (χ2v) is 22.2. The van der Waals surface area contributed by atoms with E-state index in [0.29, 0.717) is 65.5 Å². The molecule has 3 N–H and O–H groups in total. The lowest BCUT2D eigenvalue weighted by Crippen LogP contribution is -2.53. The first-order valence-corrected chi connectivity index (χ1v) is 26.6. The maximum absolute atomic E-state index is 15.1. The van der Waals surface area contributed by atoms with E-state index in [9.17, 15) is 14.2 Å². The first-order valence-electron chi connectivity index (χ1n) is 23.8. The van der Waals surface area contributed by atoms with Crippen LogP contribution in [0.2, 0.25) is 0 Å². The quantitative estimate of drug-likeness (QED) is 0.0722. The van der Waals surface area contributed by atoms with E-state index in [1.165, 1.54) is 12.1 Å². The molecule has 0 bridgehead atoms. The van der Waals surface area contributed by atoms with E-state index in [1.807, 2.05) is 25.1 Å². The van der Waals surface area contributed by atoms with Gasteiger partial charge in [-0.25, -0.2) is 13.8 Å². The van der Waals surface area contributed by atoms with E-state index in [-0.39, 0.29) is 18.4 Å². The minimum atomic E-state index is -2.65. The van der Waals surface area contributed by atoms with Crippen LogP contribution in [0, 0.1) is 18.6 Å². The molecule has 4 fully saturated rings. The number of benzene rings is 3. The van der Waals surface area contributed by atoms with Gasteiger partial charge in [-0.1, -0.05) is 13.0 Å². The number of carbonyl (C=O) groups excluding carboxylic acids is 2. The van der Waals surface area contributed by atoms with Gasteiger partial charge in [0.05, 0.1) is 33.9 Å². The number of fused-ring (bicyclic) bond motifs is 1. The summed E-state index contributed by atoms with van der Waals surface area (Å²) in [6.45, 7) is 12.8. The highest BCUT2D eigenvalue weighted by Gasteiger charge is 2.35. The Bertz CT molecular complexity index is 2700. The highest BCUT2D eigenvalue weighted by atomic mass is 79.9. The van der Waals surface area contributed by atoms with Crippen LogP contribution in [-0.4, -0.2) is 107 Å². The van der Waals surface area contributed by atoms with Crippen molar-refractivity contribution in [2.75, 3.05) is 80.3 Å². The van der Waals surface area contributed by atoms with Gasteiger partial charge in [0, 0.05) is 110 Å². The van der Waals surface area contributed by atoms with Crippen molar-refractivity contribution in [3.63, 3.8) is 0 Å². The fourth-order valence-corrected chi connectivity index (χ4v) is 14.0. The molecular weight excluding hydrogens is 939 g/mol. The molecule has 1 atom stereocenters. The van der Waals surface area contributed by atoms with Gasteiger partial charge in [0.1, 0.15) is 30.3 Å². The number of imide groups is 1. The summed E-state index contributed by atoms with van der Waals surface area (Å²) in [5, 5.41) is 10.9. The summed E-state index contributed by atoms with van der Waals surface area (Å²) in [4.78, 5) is 45.6. The van der Waals surface area contributed by atoms with Gasteiger partial charge in [0.2, 0.25) is 17.8 Å². The zero-order valence-electron chi connectivity index (χ0n) is 38.5. The molecule has 354 valence electrons. The summed E-state index contributed by atoms with van der Waals surface area (Å²) in [6.07, 6.45) is 8.57. The molecule has 4 aliphatic heterocycles. The number of piperidine rings is 2. The number of hydrogen-bond donors (Lipinski definition) is 3. The van der Waals surface area contributed by atoms with Crippen molar-refractivity contribution < 1.29 is 27.7 Å². The number of pyridine rings is 1. The summed E-state index contributed by atoms with van der Waals surface area (Å²) < 4.78 is 51.7. The second-order valence-electron chi connectivity index (χ2n) is 18.3. The highest BCUT2D eigenvalue weighted by molar-refractivity contribution is 9.10. The topological polar surface area (TPSA) is 145 Å². The molecule has 17 heteroatoms. The third-order valence-corrected chi connectivity index (χ3v) is 17.9. The number of rotatable bonds is 14. The Morgan fingerprint density at radius 1 is 0.896 bits per heavy atom. The maximum Gasteiger partial charge on any atom is 0.234 e. The van der Waals surface area contributed by atoms with Gasteiger partial charge in [-0.05, 0) is 122 Å². The van der Waals surface area contributed by atoms with Crippen molar-refractivity contribution in [2.24, 2.45) is 0 Å². The summed E-state index contributed by atoms with van der Waals surface area (Å²) in [7, 11) is -2.65. The number of piperazine rings is 1. The van der Waals surface area contributed by atoms with Gasteiger partial charge < -0.3 is 29.7 Å². The molecule has 2 amide bonds. The van der Waals surface area contributed by atoms with Crippen molar-refractivity contribution in [3.8, 4) is 5.75 Å². The van der Waals surface area contributed by atoms with E-state index < -0.39 is 36.5 Å². The molecule has 1 unspecified atom stereocenters. The molecule has 4 aliphatic rings. The van der Waals surface area contributed by atoms with Crippen LogP contribution in [0.25, 0.3) is 10.9 Å². The van der Waals surface area contributed by atoms with Crippen LogP contribution in [0.4, 0.5) is 37.6 Å². The first-order chi connectivity index (χ1) is 32.4. The van der Waals surface area contributed by atoms with Crippen LogP contribution in [0.1, 0.15) is 80.7 Å². The van der Waals surface area contributed by atoms with Crippen molar-refractivity contribution in [1.29, 1.82) is 0 Å². The number of aromatic nitrogens is 3. The fraction of sp³-hybridized carbons (Fsp3) is 0.460. The SMILES string of the molecule is CCOc1cc(N2CCC(N3CCN(CCc4cc(F)c(C5CCC(=O)NC5=O)c(F)c4)CC3)CC2)c(C)cc1Nc1ncc(Br)c(Nc2ccc3nc(CC)ccc3c2P2(=O)CCCC2)n1. The van der Waals surface area contributed by atoms with E-state index >= 15 is 8.78 Å². The Morgan fingerprint density at radius 2 is 1.64 bits per heavy atom. The van der Waals surface area contributed by atoms with Crippen LogP contribution in [-0.2, 0) is 27.0 Å². The lowest BCUT2D eigenvalue weighted by atomic mass is 9.89. The van der Waals surface area contributed by atoms with Crippen molar-refractivity contribution in [1.82, 2.24) is 30.1 Å². The number of hydrogen-bond acceptors (Lipinski definition) is 12. The van der Waals surface area contributed by atoms with Gasteiger partial charge in [0.15, 0.2) is 0 Å². The molecule has 13 nitrogen and oxygen atoms in total. The van der Waals surface area contributed by atoms with Crippen molar-refractivity contribution in [3.05, 3.63) is 93.2 Å². The summed E-state index contributed by atoms with van der Waals surface area (Å²) in [5.74, 6) is -1.85. The lowest BCUT2D eigenvalue weighted by molar-refractivity contribution is -0.134. The molecule has 2 aromatic heterocycles. The Hall–Kier alpha value is -5.02. The molecule has 0 aliphatic carbocycles. The lowest BCUT2D eigenvalue weighted by Gasteiger charge is -2.43. The summed E-state index contributed by atoms with van der Waals surface area (Å²) in [6, 6.07) is 15.5. The predicted octanol–water partition coefficient (Wildman–Crippen LogP) is 8.95. The number of nitrogens with zero attached hydrogens (tertiary/aromatic N) is 6. The first kappa shape index (κ1) is 47.1. The Kier molecular flexibility index (Phi) is 14.3. The third-order valence-electron chi connectivity index (χ3n) is 14.0. The Labute approximate surface area is 399 Å². The minimum Gasteiger partial charge on any atom is -0.492 e. The standard InChI is InChI=1S/C50H59BrF2N9O4P/c1-4-33-8-9-35-40(55-33)11-12-41(47(35)67(65)24-6-7-25-67)56-48-37(51)30-54-50(59-48)57-42-26-31(3)43(29-44(42)66-5-2)62-18-15-34(16-19-62)61-22-20-60(21-23-61)17-14-32-27-38(52)46(39(53)28-32)36-10-13-45(63)58-49(36)64/h8-9,11-12,26-30,34,36H,4-7,10,13-25H2,1-3H3,(H,58,63,64)(H2,54,56,57,59). The molecule has 3 aromatic carbocycles. The van der Waals surface area contributed by atoms with Gasteiger partial charge in [-0.15, -0.1) is 0 Å². The fourth-order valence-electron chi connectivity index (χ4n) is 10.4. The maximum atomic E-state index is 15.1. The van der Waals surface area contributed by atoms with E-state index in [1.54, 1.807) is 6.20 Å². The molecule has 6 heterocycles. The number of anilines is 5. The second kappa shape index (κ2) is 20.3. The van der Waals surface area contributed by atoms with E-state index in [2.05, 4.69) is 83.6 Å². The molecule has 4 saturated heterocycles. The van der Waals surface area contributed by atoms with Gasteiger partial charge >= 0.3 is 0 Å². The zero-order chi connectivity index (χ0) is 46.8. The molecule has 67 heavy (non-hydrogen) atoms. The molecule has 0 saturated carbocycles. The van der Waals surface area contributed by atoms with E-state index in [4.69, 9.17) is 14.7 Å². The molecule has 0 spiro atoms. The van der Waals surface area contributed by atoms with Crippen LogP contribution in [0.5, 0.6) is 5.75 Å². The minimum absolute atomic E-state index is 0.0655. The van der Waals surface area contributed by atoms with E-state index in [0.717, 1.165) is 116 Å². The van der Waals surface area contributed by atoms with Gasteiger partial charge in [-0.2, -0.15) is 4.98 Å². The highest BCUT2D eigenvalue weighted by Crippen LogP contribution is 2.54. The van der Waals surface area contributed by atoms with Crippen molar-refractivity contribution >= 4 is 79.9 Å². The van der Waals surface area contributed by atoms with Gasteiger partial charge in [-0.3, -0.25) is 24.8 Å². The largest absolute Gasteiger partial charge is 0.492 e. The smallest absolute Gasteiger partial charge is 0.234 e. The molecule has 9 rings (SSSR count). The number of halogens is 3. The molecular formula is C50H59BrF2N9O4P. The van der Waals surface area contributed by atoms with Crippen LogP contribution < -0.4 is 30.9 Å².